The smallest absolute Gasteiger partial charge is 0.151 e. The molecule has 0 aliphatic rings. The fourth-order valence-corrected chi connectivity index (χ4v) is 2.24. The maximum absolute atomic E-state index is 13.9. The molecule has 0 fully saturated rings. The van der Waals surface area contributed by atoms with Gasteiger partial charge in [0.1, 0.15) is 11.6 Å². The third kappa shape index (κ3) is 3.88. The van der Waals surface area contributed by atoms with Crippen LogP contribution in [0.3, 0.4) is 0 Å². The molecule has 2 aromatic rings. The lowest BCUT2D eigenvalue weighted by Gasteiger charge is -2.09. The third-order valence-corrected chi connectivity index (χ3v) is 3.29. The Kier molecular flexibility index (Phi) is 5.44. The fourth-order valence-electron chi connectivity index (χ4n) is 2.24. The number of hydrogen-bond acceptors (Lipinski definition) is 3. The molecule has 4 nitrogen and oxygen atoms in total. The van der Waals surface area contributed by atoms with Crippen LogP contribution in [0.25, 0.3) is 5.69 Å². The van der Waals surface area contributed by atoms with Crippen molar-refractivity contribution in [1.82, 2.24) is 20.1 Å². The van der Waals surface area contributed by atoms with Gasteiger partial charge in [0.25, 0.3) is 0 Å². The zero-order valence-corrected chi connectivity index (χ0v) is 13.0. The van der Waals surface area contributed by atoms with Gasteiger partial charge in [0.2, 0.25) is 0 Å². The number of benzene rings is 1. The first-order valence-corrected chi connectivity index (χ1v) is 7.63. The lowest BCUT2D eigenvalue weighted by molar-refractivity contribution is 0.615. The number of halogens is 1. The number of aryl methyl sites for hydroxylation is 2. The third-order valence-electron chi connectivity index (χ3n) is 3.29. The molecule has 0 radical (unpaired) electrons. The number of nitrogens with zero attached hydrogens (tertiary/aromatic N) is 3. The largest absolute Gasteiger partial charge is 0.313 e. The van der Waals surface area contributed by atoms with Crippen molar-refractivity contribution in [2.24, 2.45) is 0 Å². The van der Waals surface area contributed by atoms with Gasteiger partial charge in [-0.3, -0.25) is 0 Å². The highest BCUT2D eigenvalue weighted by Crippen LogP contribution is 2.16. The summed E-state index contributed by atoms with van der Waals surface area (Å²) >= 11 is 0. The highest BCUT2D eigenvalue weighted by molar-refractivity contribution is 5.37. The van der Waals surface area contributed by atoms with E-state index >= 15 is 0 Å². The second-order valence-electron chi connectivity index (χ2n) is 5.06. The van der Waals surface area contributed by atoms with Crippen molar-refractivity contribution in [2.75, 3.05) is 6.54 Å². The number of nitrogens with one attached hydrogen (secondary N) is 1. The number of rotatable bonds is 7. The molecular formula is C16H23FN4. The Morgan fingerprint density at radius 2 is 1.95 bits per heavy atom. The minimum absolute atomic E-state index is 0.239. The minimum Gasteiger partial charge on any atom is -0.313 e. The van der Waals surface area contributed by atoms with Gasteiger partial charge in [0, 0.05) is 19.4 Å². The van der Waals surface area contributed by atoms with E-state index in [1.165, 1.54) is 6.07 Å². The zero-order chi connectivity index (χ0) is 15.2. The molecule has 114 valence electrons. The van der Waals surface area contributed by atoms with Crippen LogP contribution in [0.15, 0.2) is 18.2 Å². The van der Waals surface area contributed by atoms with E-state index in [0.29, 0.717) is 6.54 Å². The van der Waals surface area contributed by atoms with Crippen LogP contribution in [0.2, 0.25) is 0 Å². The summed E-state index contributed by atoms with van der Waals surface area (Å²) in [4.78, 5) is 4.47. The van der Waals surface area contributed by atoms with Gasteiger partial charge < -0.3 is 5.32 Å². The Morgan fingerprint density at radius 3 is 2.62 bits per heavy atom. The van der Waals surface area contributed by atoms with Gasteiger partial charge in [-0.15, -0.1) is 0 Å². The quantitative estimate of drug-likeness (QED) is 0.797. The van der Waals surface area contributed by atoms with Crippen LogP contribution in [0.4, 0.5) is 4.39 Å². The molecule has 1 aromatic heterocycles. The number of hydrogen-bond donors (Lipinski definition) is 1. The molecule has 5 heteroatoms. The molecule has 0 amide bonds. The summed E-state index contributed by atoms with van der Waals surface area (Å²) in [5.74, 6) is 1.42. The lowest BCUT2D eigenvalue weighted by atomic mass is 10.2. The van der Waals surface area contributed by atoms with Gasteiger partial charge in [-0.1, -0.05) is 20.8 Å². The Bertz CT molecular complexity index is 592. The standard InChI is InChI=1S/C16H23FN4/c1-4-7-18-11-12-8-13(17)10-14(9-12)21-16(6-3)19-15(5-2)20-21/h8-10,18H,4-7,11H2,1-3H3. The maximum atomic E-state index is 13.9. The van der Waals surface area contributed by atoms with Gasteiger partial charge in [0.15, 0.2) is 5.82 Å². The topological polar surface area (TPSA) is 42.7 Å². The summed E-state index contributed by atoms with van der Waals surface area (Å²) in [5.41, 5.74) is 1.67. The Morgan fingerprint density at radius 1 is 1.14 bits per heavy atom. The highest BCUT2D eigenvalue weighted by Gasteiger charge is 2.11. The van der Waals surface area contributed by atoms with Crippen LogP contribution in [-0.2, 0) is 19.4 Å². The van der Waals surface area contributed by atoms with E-state index in [1.807, 2.05) is 19.9 Å². The van der Waals surface area contributed by atoms with Crippen molar-refractivity contribution in [3.63, 3.8) is 0 Å². The normalized spacial score (nSPS) is 11.0. The van der Waals surface area contributed by atoms with Crippen molar-refractivity contribution in [3.8, 4) is 5.69 Å². The summed E-state index contributed by atoms with van der Waals surface area (Å²) in [7, 11) is 0. The zero-order valence-electron chi connectivity index (χ0n) is 13.0. The molecule has 0 aliphatic carbocycles. The van der Waals surface area contributed by atoms with E-state index in [0.717, 1.165) is 48.7 Å². The van der Waals surface area contributed by atoms with Crippen molar-refractivity contribution in [2.45, 2.75) is 46.6 Å². The van der Waals surface area contributed by atoms with Crippen LogP contribution in [0.5, 0.6) is 0 Å². The van der Waals surface area contributed by atoms with E-state index in [1.54, 1.807) is 10.7 Å². The first kappa shape index (κ1) is 15.6. The van der Waals surface area contributed by atoms with Gasteiger partial charge >= 0.3 is 0 Å². The van der Waals surface area contributed by atoms with E-state index in [9.17, 15) is 4.39 Å². The first-order valence-electron chi connectivity index (χ1n) is 7.63. The molecule has 0 unspecified atom stereocenters. The average Bonchev–Trinajstić information content (AvgIpc) is 2.90. The molecular weight excluding hydrogens is 267 g/mol. The molecule has 1 heterocycles. The molecule has 2 rings (SSSR count). The van der Waals surface area contributed by atoms with Crippen LogP contribution in [-0.4, -0.2) is 21.3 Å². The molecule has 0 atom stereocenters. The van der Waals surface area contributed by atoms with Gasteiger partial charge in [0.05, 0.1) is 5.69 Å². The molecule has 0 bridgehead atoms. The van der Waals surface area contributed by atoms with E-state index < -0.39 is 0 Å². The Balaban J connectivity index is 2.32. The van der Waals surface area contributed by atoms with E-state index in [4.69, 9.17) is 0 Å². The van der Waals surface area contributed by atoms with Gasteiger partial charge in [-0.25, -0.2) is 14.1 Å². The summed E-state index contributed by atoms with van der Waals surface area (Å²) in [5, 5.41) is 7.76. The van der Waals surface area contributed by atoms with Crippen LogP contribution >= 0.6 is 0 Å². The molecule has 0 saturated heterocycles. The summed E-state index contributed by atoms with van der Waals surface area (Å²) in [6, 6.07) is 5.05. The van der Waals surface area contributed by atoms with E-state index in [2.05, 4.69) is 22.3 Å². The van der Waals surface area contributed by atoms with Crippen molar-refractivity contribution >= 4 is 0 Å². The van der Waals surface area contributed by atoms with Crippen LogP contribution in [0.1, 0.15) is 44.4 Å². The molecule has 0 aliphatic heterocycles. The van der Waals surface area contributed by atoms with Gasteiger partial charge in [-0.05, 0) is 36.7 Å². The summed E-state index contributed by atoms with van der Waals surface area (Å²) in [6.07, 6.45) is 2.61. The molecule has 1 aromatic carbocycles. The van der Waals surface area contributed by atoms with Crippen LogP contribution in [0, 0.1) is 5.82 Å². The molecule has 0 spiro atoms. The monoisotopic (exact) mass is 290 g/mol. The van der Waals surface area contributed by atoms with E-state index in [-0.39, 0.29) is 5.82 Å². The summed E-state index contributed by atoms with van der Waals surface area (Å²) < 4.78 is 15.6. The van der Waals surface area contributed by atoms with Crippen LogP contribution < -0.4 is 5.32 Å². The second kappa shape index (κ2) is 7.31. The van der Waals surface area contributed by atoms with Crippen molar-refractivity contribution < 1.29 is 4.39 Å². The molecule has 0 saturated carbocycles. The lowest BCUT2D eigenvalue weighted by Crippen LogP contribution is -2.14. The number of aromatic nitrogens is 3. The predicted octanol–water partition coefficient (Wildman–Crippen LogP) is 3.03. The van der Waals surface area contributed by atoms with Gasteiger partial charge in [-0.2, -0.15) is 5.10 Å². The van der Waals surface area contributed by atoms with Crippen molar-refractivity contribution in [1.29, 1.82) is 0 Å². The maximum Gasteiger partial charge on any atom is 0.151 e. The average molecular weight is 290 g/mol. The van der Waals surface area contributed by atoms with Crippen molar-refractivity contribution in [3.05, 3.63) is 41.2 Å². The Hall–Kier alpha value is -1.75. The highest BCUT2D eigenvalue weighted by atomic mass is 19.1. The predicted molar refractivity (Wildman–Crippen MR) is 82.1 cm³/mol. The Labute approximate surface area is 125 Å². The first-order chi connectivity index (χ1) is 10.2. The second-order valence-corrected chi connectivity index (χ2v) is 5.06. The minimum atomic E-state index is -0.239. The SMILES string of the molecule is CCCNCc1cc(F)cc(-n2nc(CC)nc2CC)c1. The fraction of sp³-hybridized carbons (Fsp3) is 0.500. The molecule has 1 N–H and O–H groups in total. The summed E-state index contributed by atoms with van der Waals surface area (Å²) in [6.45, 7) is 7.75. The molecule has 21 heavy (non-hydrogen) atoms.